The number of hydrogen-bond donors (Lipinski definition) is 2. The third-order valence-electron chi connectivity index (χ3n) is 2.82. The first-order valence-electron chi connectivity index (χ1n) is 5.79. The molecule has 17 heavy (non-hydrogen) atoms. The van der Waals surface area contributed by atoms with E-state index >= 15 is 0 Å². The Morgan fingerprint density at radius 1 is 1.53 bits per heavy atom. The van der Waals surface area contributed by atoms with E-state index in [0.717, 1.165) is 13.0 Å². The summed E-state index contributed by atoms with van der Waals surface area (Å²) in [7, 11) is 1.43. The molecule has 0 spiro atoms. The molecule has 94 valence electrons. The maximum Gasteiger partial charge on any atom is 0.297 e. The van der Waals surface area contributed by atoms with Crippen LogP contribution in [0.4, 0.5) is 0 Å². The number of aromatic nitrogens is 2. The smallest absolute Gasteiger partial charge is 0.297 e. The van der Waals surface area contributed by atoms with Crippen LogP contribution in [0.1, 0.15) is 19.3 Å². The average Bonchev–Trinajstić information content (AvgIpc) is 2.37. The van der Waals surface area contributed by atoms with Crippen molar-refractivity contribution in [1.29, 1.82) is 0 Å². The fourth-order valence-corrected chi connectivity index (χ4v) is 1.90. The van der Waals surface area contributed by atoms with Gasteiger partial charge in [-0.3, -0.25) is 4.79 Å². The van der Waals surface area contributed by atoms with E-state index in [4.69, 9.17) is 9.47 Å². The van der Waals surface area contributed by atoms with Crippen LogP contribution in [-0.4, -0.2) is 36.3 Å². The van der Waals surface area contributed by atoms with Crippen molar-refractivity contribution in [2.45, 2.75) is 25.3 Å². The van der Waals surface area contributed by atoms with Crippen molar-refractivity contribution < 1.29 is 9.47 Å². The normalized spacial score (nSPS) is 19.9. The minimum Gasteiger partial charge on any atom is -0.487 e. The monoisotopic (exact) mass is 239 g/mol. The summed E-state index contributed by atoms with van der Waals surface area (Å²) in [5.74, 6) is 0.381. The summed E-state index contributed by atoms with van der Waals surface area (Å²) in [6, 6.07) is 0.328. The van der Waals surface area contributed by atoms with Gasteiger partial charge in [-0.2, -0.15) is 0 Å². The first-order valence-corrected chi connectivity index (χ1v) is 5.79. The van der Waals surface area contributed by atoms with E-state index in [1.807, 2.05) is 0 Å². The molecule has 0 aromatic carbocycles. The molecule has 1 saturated heterocycles. The van der Waals surface area contributed by atoms with Crippen LogP contribution in [0.15, 0.2) is 11.1 Å². The largest absolute Gasteiger partial charge is 0.487 e. The molecule has 1 aliphatic rings. The van der Waals surface area contributed by atoms with Crippen molar-refractivity contribution in [2.75, 3.05) is 20.3 Å². The number of methoxy groups -OCH3 is 1. The number of rotatable bonds is 4. The van der Waals surface area contributed by atoms with Gasteiger partial charge in [0.15, 0.2) is 0 Å². The summed E-state index contributed by atoms with van der Waals surface area (Å²) in [5.41, 5.74) is -0.325. The minimum absolute atomic E-state index is 0.128. The van der Waals surface area contributed by atoms with E-state index in [-0.39, 0.29) is 17.2 Å². The predicted octanol–water partition coefficient (Wildman–Crippen LogP) is 0.299. The minimum atomic E-state index is -0.325. The van der Waals surface area contributed by atoms with Gasteiger partial charge in [-0.05, 0) is 19.4 Å². The van der Waals surface area contributed by atoms with E-state index < -0.39 is 0 Å². The molecule has 1 aromatic rings. The van der Waals surface area contributed by atoms with Gasteiger partial charge in [0.2, 0.25) is 5.75 Å². The second-order valence-corrected chi connectivity index (χ2v) is 4.03. The second-order valence-electron chi connectivity index (χ2n) is 4.03. The Bertz CT molecular complexity index is 413. The lowest BCUT2D eigenvalue weighted by Crippen LogP contribution is -2.38. The Balaban J connectivity index is 1.98. The van der Waals surface area contributed by atoms with Crippen molar-refractivity contribution in [3.63, 3.8) is 0 Å². The van der Waals surface area contributed by atoms with Gasteiger partial charge >= 0.3 is 0 Å². The van der Waals surface area contributed by atoms with Gasteiger partial charge in [-0.25, -0.2) is 4.98 Å². The van der Waals surface area contributed by atoms with Gasteiger partial charge < -0.3 is 19.8 Å². The number of piperidine rings is 1. The zero-order chi connectivity index (χ0) is 12.1. The summed E-state index contributed by atoms with van der Waals surface area (Å²) >= 11 is 0. The Morgan fingerprint density at radius 2 is 2.41 bits per heavy atom. The first-order chi connectivity index (χ1) is 8.31. The quantitative estimate of drug-likeness (QED) is 0.790. The molecule has 2 rings (SSSR count). The van der Waals surface area contributed by atoms with Crippen molar-refractivity contribution >= 4 is 0 Å². The highest BCUT2D eigenvalue weighted by atomic mass is 16.5. The number of nitrogens with zero attached hydrogens (tertiary/aromatic N) is 1. The number of aromatic amines is 1. The average molecular weight is 239 g/mol. The lowest BCUT2D eigenvalue weighted by atomic mass is 10.1. The fourth-order valence-electron chi connectivity index (χ4n) is 1.90. The van der Waals surface area contributed by atoms with E-state index in [1.54, 1.807) is 0 Å². The molecule has 6 nitrogen and oxygen atoms in total. The molecule has 2 N–H and O–H groups in total. The predicted molar refractivity (Wildman–Crippen MR) is 62.5 cm³/mol. The summed E-state index contributed by atoms with van der Waals surface area (Å²) in [6.45, 7) is 1.53. The van der Waals surface area contributed by atoms with Crippen LogP contribution in [0.2, 0.25) is 0 Å². The summed E-state index contributed by atoms with van der Waals surface area (Å²) in [5, 5.41) is 3.36. The second kappa shape index (κ2) is 5.67. The van der Waals surface area contributed by atoms with Crippen LogP contribution in [-0.2, 0) is 0 Å². The topological polar surface area (TPSA) is 76.2 Å². The molecule has 0 bridgehead atoms. The molecular formula is C11H17N3O3. The van der Waals surface area contributed by atoms with Gasteiger partial charge in [0.25, 0.3) is 11.4 Å². The summed E-state index contributed by atoms with van der Waals surface area (Å²) in [4.78, 5) is 17.8. The van der Waals surface area contributed by atoms with Gasteiger partial charge in [0.05, 0.1) is 13.4 Å². The number of ether oxygens (including phenoxy) is 2. The summed E-state index contributed by atoms with van der Waals surface area (Å²) in [6.07, 6.45) is 4.82. The van der Waals surface area contributed by atoms with Crippen LogP contribution >= 0.6 is 0 Å². The highest BCUT2D eigenvalue weighted by Gasteiger charge is 2.16. The van der Waals surface area contributed by atoms with E-state index in [0.29, 0.717) is 12.6 Å². The molecular weight excluding hydrogens is 222 g/mol. The molecule has 0 amide bonds. The molecule has 1 fully saturated rings. The Morgan fingerprint density at radius 3 is 3.12 bits per heavy atom. The standard InChI is InChI=1S/C11H17N3O3/c1-16-9-10(15)13-7-14-11(9)17-6-8-4-2-3-5-12-8/h7-8,12H,2-6H2,1H3,(H,13,14,15). The lowest BCUT2D eigenvalue weighted by Gasteiger charge is -2.23. The van der Waals surface area contributed by atoms with E-state index in [9.17, 15) is 4.79 Å². The van der Waals surface area contributed by atoms with Crippen molar-refractivity contribution in [3.05, 3.63) is 16.7 Å². The van der Waals surface area contributed by atoms with Crippen LogP contribution in [0.5, 0.6) is 11.6 Å². The maximum absolute atomic E-state index is 11.4. The Labute approximate surface area is 99.4 Å². The SMILES string of the molecule is COc1c(OCC2CCCCN2)nc[nH]c1=O. The summed E-state index contributed by atoms with van der Waals surface area (Å²) < 4.78 is 10.5. The fraction of sp³-hybridized carbons (Fsp3) is 0.636. The molecule has 1 unspecified atom stereocenters. The Hall–Kier alpha value is -1.56. The molecule has 6 heteroatoms. The van der Waals surface area contributed by atoms with Crippen LogP contribution in [0.3, 0.4) is 0 Å². The van der Waals surface area contributed by atoms with Gasteiger partial charge in [0.1, 0.15) is 6.61 Å². The third kappa shape index (κ3) is 2.97. The molecule has 1 aliphatic heterocycles. The zero-order valence-corrected chi connectivity index (χ0v) is 9.86. The van der Waals surface area contributed by atoms with Gasteiger partial charge in [0, 0.05) is 6.04 Å². The highest BCUT2D eigenvalue weighted by molar-refractivity contribution is 5.29. The number of hydrogen-bond acceptors (Lipinski definition) is 5. The lowest BCUT2D eigenvalue weighted by molar-refractivity contribution is 0.221. The van der Waals surface area contributed by atoms with Crippen molar-refractivity contribution in [1.82, 2.24) is 15.3 Å². The van der Waals surface area contributed by atoms with E-state index in [2.05, 4.69) is 15.3 Å². The van der Waals surface area contributed by atoms with Gasteiger partial charge in [-0.1, -0.05) is 6.42 Å². The van der Waals surface area contributed by atoms with Crippen molar-refractivity contribution in [3.8, 4) is 11.6 Å². The van der Waals surface area contributed by atoms with Crippen molar-refractivity contribution in [2.24, 2.45) is 0 Å². The molecule has 1 aromatic heterocycles. The first kappa shape index (κ1) is 11.9. The highest BCUT2D eigenvalue weighted by Crippen LogP contribution is 2.18. The maximum atomic E-state index is 11.4. The van der Waals surface area contributed by atoms with Crippen LogP contribution < -0.4 is 20.3 Å². The number of nitrogens with one attached hydrogen (secondary N) is 2. The van der Waals surface area contributed by atoms with Crippen LogP contribution in [0.25, 0.3) is 0 Å². The molecule has 0 aliphatic carbocycles. The molecule has 2 heterocycles. The molecule has 0 saturated carbocycles. The zero-order valence-electron chi connectivity index (χ0n) is 9.86. The third-order valence-corrected chi connectivity index (χ3v) is 2.82. The molecule has 1 atom stereocenters. The van der Waals surface area contributed by atoms with Crippen LogP contribution in [0, 0.1) is 0 Å². The Kier molecular flexibility index (Phi) is 3.98. The molecule has 0 radical (unpaired) electrons. The van der Waals surface area contributed by atoms with Gasteiger partial charge in [-0.15, -0.1) is 0 Å². The number of H-pyrrole nitrogens is 1. The van der Waals surface area contributed by atoms with E-state index in [1.165, 1.54) is 26.3 Å².